The van der Waals surface area contributed by atoms with E-state index in [2.05, 4.69) is 16.7 Å². The first-order valence-corrected chi connectivity index (χ1v) is 16.2. The molecule has 4 atom stereocenters. The van der Waals surface area contributed by atoms with Crippen LogP contribution in [0.25, 0.3) is 0 Å². The average molecular weight is 649 g/mol. The summed E-state index contributed by atoms with van der Waals surface area (Å²) in [5.41, 5.74) is 2.22. The zero-order valence-corrected chi connectivity index (χ0v) is 28.7. The van der Waals surface area contributed by atoms with Crippen molar-refractivity contribution in [2.75, 3.05) is 7.05 Å². The van der Waals surface area contributed by atoms with Gasteiger partial charge in [-0.15, -0.1) is 0 Å². The topological polar surface area (TPSA) is 145 Å². The van der Waals surface area contributed by atoms with E-state index in [1.165, 1.54) is 28.5 Å². The van der Waals surface area contributed by atoms with Gasteiger partial charge in [-0.2, -0.15) is 0 Å². The fourth-order valence-corrected chi connectivity index (χ4v) is 6.10. The minimum Gasteiger partial charge on any atom is -0.478 e. The summed E-state index contributed by atoms with van der Waals surface area (Å²) in [6.07, 6.45) is 2.04. The average Bonchev–Trinajstić information content (AvgIpc) is 3.00. The van der Waals surface area contributed by atoms with Crippen LogP contribution in [-0.4, -0.2) is 75.5 Å². The molecule has 2 aromatic rings. The molecule has 0 aromatic heterocycles. The highest BCUT2D eigenvalue weighted by Crippen LogP contribution is 2.32. The fourth-order valence-electron chi connectivity index (χ4n) is 6.10. The predicted octanol–water partition coefficient (Wildman–Crippen LogP) is 4.62. The molecule has 2 aliphatic rings. The maximum absolute atomic E-state index is 14.5. The molecule has 0 bridgehead atoms. The van der Waals surface area contributed by atoms with Gasteiger partial charge in [0.05, 0.1) is 11.6 Å². The standard InChI is InChI=1S/C36H48N4O7/c1-21(39(8)34(46)47-36(5,6)7)30(41)38-29(35(2,3)4)32(43)40-20-24-17-16-23(33(44)45)18-25(24)19-28(40)31(42)37-27-15-11-13-22-12-9-10-14-26(22)27/h9-10,12,14,16-18,21,27-29H,11,13,15,19-20H2,1-8H3,(H,37,42)(H,38,41)(H,44,45)/t21-,27?,28?,29?/m0/s1. The second-order valence-electron chi connectivity index (χ2n) is 14.7. The Kier molecular flexibility index (Phi) is 10.4. The number of carbonyl (C=O) groups is 5. The fraction of sp³-hybridized carbons (Fsp3) is 0.528. The van der Waals surface area contributed by atoms with E-state index in [9.17, 15) is 29.1 Å². The van der Waals surface area contributed by atoms with Crippen LogP contribution in [0.1, 0.15) is 100.0 Å². The Labute approximate surface area is 277 Å². The van der Waals surface area contributed by atoms with Crippen LogP contribution in [0, 0.1) is 5.41 Å². The van der Waals surface area contributed by atoms with Crippen molar-refractivity contribution in [3.05, 3.63) is 70.3 Å². The number of ether oxygens (including phenoxy) is 1. The van der Waals surface area contributed by atoms with Crippen LogP contribution in [0.2, 0.25) is 0 Å². The predicted molar refractivity (Wildman–Crippen MR) is 177 cm³/mol. The van der Waals surface area contributed by atoms with E-state index in [-0.39, 0.29) is 30.5 Å². The van der Waals surface area contributed by atoms with Crippen molar-refractivity contribution in [1.82, 2.24) is 20.4 Å². The van der Waals surface area contributed by atoms with Crippen LogP contribution in [0.15, 0.2) is 42.5 Å². The van der Waals surface area contributed by atoms with E-state index < -0.39 is 53.0 Å². The van der Waals surface area contributed by atoms with Gasteiger partial charge < -0.3 is 25.4 Å². The number of fused-ring (bicyclic) bond motifs is 2. The lowest BCUT2D eigenvalue weighted by molar-refractivity contribution is -0.147. The summed E-state index contributed by atoms with van der Waals surface area (Å²) in [6.45, 7) is 12.3. The second-order valence-corrected chi connectivity index (χ2v) is 14.7. The maximum atomic E-state index is 14.5. The molecule has 47 heavy (non-hydrogen) atoms. The summed E-state index contributed by atoms with van der Waals surface area (Å²) in [4.78, 5) is 69.3. The highest BCUT2D eigenvalue weighted by molar-refractivity contribution is 5.95. The number of likely N-dealkylation sites (N-methyl/N-ethyl adjacent to an activating group) is 1. The van der Waals surface area contributed by atoms with Crippen molar-refractivity contribution in [3.8, 4) is 0 Å². The summed E-state index contributed by atoms with van der Waals surface area (Å²) in [6, 6.07) is 9.55. The van der Waals surface area contributed by atoms with Gasteiger partial charge >= 0.3 is 12.1 Å². The molecule has 0 saturated carbocycles. The summed E-state index contributed by atoms with van der Waals surface area (Å²) >= 11 is 0. The first kappa shape index (κ1) is 35.4. The number of hydrogen-bond donors (Lipinski definition) is 3. The number of hydrogen-bond acceptors (Lipinski definition) is 6. The van der Waals surface area contributed by atoms with Crippen LogP contribution in [0.3, 0.4) is 0 Å². The molecule has 0 fully saturated rings. The lowest BCUT2D eigenvalue weighted by Crippen LogP contribution is -2.62. The van der Waals surface area contributed by atoms with Gasteiger partial charge in [-0.05, 0) is 86.8 Å². The molecule has 3 unspecified atom stereocenters. The van der Waals surface area contributed by atoms with Gasteiger partial charge in [0.15, 0.2) is 0 Å². The van der Waals surface area contributed by atoms with E-state index in [4.69, 9.17) is 4.74 Å². The molecule has 0 spiro atoms. The number of benzene rings is 2. The molecule has 4 rings (SSSR count). The number of carboxylic acids is 1. The van der Waals surface area contributed by atoms with Gasteiger partial charge in [-0.3, -0.25) is 19.3 Å². The summed E-state index contributed by atoms with van der Waals surface area (Å²) in [5.74, 6) is -2.42. The van der Waals surface area contributed by atoms with E-state index in [0.717, 1.165) is 30.4 Å². The molecule has 4 amide bonds. The maximum Gasteiger partial charge on any atom is 0.410 e. The summed E-state index contributed by atoms with van der Waals surface area (Å²) < 4.78 is 5.42. The highest BCUT2D eigenvalue weighted by atomic mass is 16.6. The van der Waals surface area contributed by atoms with E-state index in [0.29, 0.717) is 5.56 Å². The van der Waals surface area contributed by atoms with Crippen LogP contribution >= 0.6 is 0 Å². The number of carboxylic acid groups (broad SMARTS) is 1. The highest BCUT2D eigenvalue weighted by Gasteiger charge is 2.43. The Balaban J connectivity index is 1.64. The van der Waals surface area contributed by atoms with Gasteiger partial charge in [-0.25, -0.2) is 9.59 Å². The van der Waals surface area contributed by atoms with Gasteiger partial charge in [0.1, 0.15) is 23.7 Å². The van der Waals surface area contributed by atoms with Crippen molar-refractivity contribution in [2.45, 2.75) is 110 Å². The quantitative estimate of drug-likeness (QED) is 0.397. The third-order valence-electron chi connectivity index (χ3n) is 8.90. The van der Waals surface area contributed by atoms with Gasteiger partial charge in [0.25, 0.3) is 0 Å². The number of aryl methyl sites for hydroxylation is 1. The normalized spacial score (nSPS) is 18.9. The zero-order chi connectivity index (χ0) is 34.8. The Hall–Kier alpha value is -4.41. The molecule has 1 aliphatic carbocycles. The first-order chi connectivity index (χ1) is 21.9. The van der Waals surface area contributed by atoms with E-state index in [1.54, 1.807) is 39.8 Å². The molecule has 0 saturated heterocycles. The van der Waals surface area contributed by atoms with Crippen molar-refractivity contribution in [1.29, 1.82) is 0 Å². The summed E-state index contributed by atoms with van der Waals surface area (Å²) in [5, 5.41) is 15.7. The van der Waals surface area contributed by atoms with Crippen LogP contribution in [0.4, 0.5) is 4.79 Å². The van der Waals surface area contributed by atoms with Crippen LogP contribution in [0.5, 0.6) is 0 Å². The lowest BCUT2D eigenvalue weighted by atomic mass is 9.83. The molecule has 1 aliphatic heterocycles. The minimum atomic E-state index is -1.08. The molecule has 254 valence electrons. The zero-order valence-electron chi connectivity index (χ0n) is 28.7. The van der Waals surface area contributed by atoms with Gasteiger partial charge in [0, 0.05) is 20.0 Å². The minimum absolute atomic E-state index is 0.0588. The van der Waals surface area contributed by atoms with Crippen LogP contribution < -0.4 is 10.6 Å². The van der Waals surface area contributed by atoms with Crippen molar-refractivity contribution in [2.24, 2.45) is 5.41 Å². The van der Waals surface area contributed by atoms with Crippen molar-refractivity contribution < 1.29 is 33.8 Å². The molecule has 2 aromatic carbocycles. The van der Waals surface area contributed by atoms with Gasteiger partial charge in [0.2, 0.25) is 17.7 Å². The molecular weight excluding hydrogens is 600 g/mol. The molecule has 1 heterocycles. The first-order valence-electron chi connectivity index (χ1n) is 16.2. The number of aromatic carboxylic acids is 1. The van der Waals surface area contributed by atoms with Crippen LogP contribution in [-0.2, 0) is 38.5 Å². The smallest absolute Gasteiger partial charge is 0.410 e. The monoisotopic (exact) mass is 648 g/mol. The van der Waals surface area contributed by atoms with Crippen molar-refractivity contribution in [3.63, 3.8) is 0 Å². The molecule has 0 radical (unpaired) electrons. The Morgan fingerprint density at radius 1 is 0.979 bits per heavy atom. The molecule has 3 N–H and O–H groups in total. The lowest BCUT2D eigenvalue weighted by Gasteiger charge is -2.42. The second kappa shape index (κ2) is 13.8. The number of amides is 4. The summed E-state index contributed by atoms with van der Waals surface area (Å²) in [7, 11) is 1.46. The van der Waals surface area contributed by atoms with Crippen molar-refractivity contribution >= 4 is 29.8 Å². The van der Waals surface area contributed by atoms with Gasteiger partial charge in [-0.1, -0.05) is 51.1 Å². The number of carbonyl (C=O) groups excluding carboxylic acids is 4. The van der Waals surface area contributed by atoms with E-state index >= 15 is 0 Å². The number of nitrogens with one attached hydrogen (secondary N) is 2. The van der Waals surface area contributed by atoms with E-state index in [1.807, 2.05) is 39.0 Å². The largest absolute Gasteiger partial charge is 0.478 e. The molecule has 11 nitrogen and oxygen atoms in total. The third kappa shape index (κ3) is 8.31. The third-order valence-corrected chi connectivity index (χ3v) is 8.90. The Morgan fingerprint density at radius 2 is 1.66 bits per heavy atom. The Morgan fingerprint density at radius 3 is 2.30 bits per heavy atom. The Bertz CT molecular complexity index is 1540. The number of nitrogens with zero attached hydrogens (tertiary/aromatic N) is 2. The number of rotatable bonds is 7. The SMILES string of the molecule is C[C@@H](C(=O)NC(C(=O)N1Cc2ccc(C(=O)O)cc2CC1C(=O)NC1CCCc2ccccc21)C(C)(C)C)N(C)C(=O)OC(C)(C)C. The molecular formula is C36H48N4O7. The molecule has 11 heteroatoms.